The Balaban J connectivity index is 2.38. The van der Waals surface area contributed by atoms with Crippen molar-refractivity contribution in [2.75, 3.05) is 0 Å². The van der Waals surface area contributed by atoms with Gasteiger partial charge in [0.1, 0.15) is 0 Å². The van der Waals surface area contributed by atoms with Crippen molar-refractivity contribution >= 4 is 5.97 Å². The number of aliphatic carboxylic acids is 1. The molecule has 1 aliphatic rings. The van der Waals surface area contributed by atoms with Gasteiger partial charge in [-0.1, -0.05) is 19.3 Å². The summed E-state index contributed by atoms with van der Waals surface area (Å²) < 4.78 is 0. The molecule has 0 spiro atoms. The van der Waals surface area contributed by atoms with Crippen LogP contribution in [0.15, 0.2) is 0 Å². The minimum absolute atomic E-state index is 0.0613. The number of carboxylic acids is 1. The van der Waals surface area contributed by atoms with Gasteiger partial charge in [0.15, 0.2) is 0 Å². The summed E-state index contributed by atoms with van der Waals surface area (Å²) in [5, 5.41) is 19.3. The first-order chi connectivity index (χ1) is 5.22. The molecule has 1 N–H and O–H groups in total. The molecule has 1 saturated carbocycles. The van der Waals surface area contributed by atoms with Crippen LogP contribution in [0, 0.1) is 5.92 Å². The molecular formula is C8H13O3-. The summed E-state index contributed by atoms with van der Waals surface area (Å²) in [7, 11) is 0. The van der Waals surface area contributed by atoms with Crippen molar-refractivity contribution in [1.82, 2.24) is 0 Å². The summed E-state index contributed by atoms with van der Waals surface area (Å²) in [5.41, 5.74) is 0. The van der Waals surface area contributed by atoms with E-state index >= 15 is 0 Å². The predicted molar refractivity (Wildman–Crippen MR) is 37.6 cm³/mol. The molecule has 1 atom stereocenters. The van der Waals surface area contributed by atoms with Gasteiger partial charge in [-0.05, 0) is 18.8 Å². The maximum atomic E-state index is 10.2. The molecule has 0 aromatic carbocycles. The fourth-order valence-electron chi connectivity index (χ4n) is 1.64. The first-order valence-electron chi connectivity index (χ1n) is 4.10. The zero-order valence-corrected chi connectivity index (χ0v) is 6.45. The molecular weight excluding hydrogens is 144 g/mol. The molecule has 0 amide bonds. The molecule has 0 aromatic rings. The fraction of sp³-hybridized carbons (Fsp3) is 0.875. The van der Waals surface area contributed by atoms with Gasteiger partial charge in [-0.2, -0.15) is 0 Å². The highest BCUT2D eigenvalue weighted by atomic mass is 16.4. The first kappa shape index (κ1) is 8.53. The van der Waals surface area contributed by atoms with E-state index in [0.29, 0.717) is 0 Å². The Morgan fingerprint density at radius 2 is 1.91 bits per heavy atom. The Kier molecular flexibility index (Phi) is 2.88. The second-order valence-electron chi connectivity index (χ2n) is 3.16. The summed E-state index contributed by atoms with van der Waals surface area (Å²) in [6, 6.07) is 0. The lowest BCUT2D eigenvalue weighted by molar-refractivity contribution is -0.317. The van der Waals surface area contributed by atoms with Gasteiger partial charge < -0.3 is 15.0 Å². The normalized spacial score (nSPS) is 23.0. The fourth-order valence-corrected chi connectivity index (χ4v) is 1.64. The monoisotopic (exact) mass is 157 g/mol. The van der Waals surface area contributed by atoms with E-state index in [1.54, 1.807) is 0 Å². The van der Waals surface area contributed by atoms with Gasteiger partial charge in [0.2, 0.25) is 0 Å². The largest absolute Gasteiger partial charge is 0.547 e. The van der Waals surface area contributed by atoms with E-state index < -0.39 is 12.1 Å². The third kappa shape index (κ3) is 2.19. The lowest BCUT2D eigenvalue weighted by Crippen LogP contribution is -2.41. The molecule has 64 valence electrons. The van der Waals surface area contributed by atoms with Crippen LogP contribution in [0.5, 0.6) is 0 Å². The molecule has 0 heterocycles. The van der Waals surface area contributed by atoms with Gasteiger partial charge in [-0.3, -0.25) is 0 Å². The predicted octanol–water partition coefficient (Wildman–Crippen LogP) is -0.323. The van der Waals surface area contributed by atoms with Crippen molar-refractivity contribution in [3.63, 3.8) is 0 Å². The molecule has 0 aliphatic heterocycles. The van der Waals surface area contributed by atoms with Gasteiger partial charge in [0.25, 0.3) is 0 Å². The van der Waals surface area contributed by atoms with Gasteiger partial charge in [0, 0.05) is 0 Å². The lowest BCUT2D eigenvalue weighted by atomic mass is 9.85. The van der Waals surface area contributed by atoms with Crippen LogP contribution in [0.3, 0.4) is 0 Å². The summed E-state index contributed by atoms with van der Waals surface area (Å²) in [6.07, 6.45) is 3.65. The van der Waals surface area contributed by atoms with E-state index in [1.807, 2.05) is 0 Å². The van der Waals surface area contributed by atoms with E-state index in [4.69, 9.17) is 5.11 Å². The van der Waals surface area contributed by atoms with Gasteiger partial charge in [0.05, 0.1) is 12.1 Å². The average molecular weight is 157 g/mol. The zero-order chi connectivity index (χ0) is 8.27. The molecule has 0 radical (unpaired) electrons. The molecule has 1 fully saturated rings. The Bertz CT molecular complexity index is 138. The third-order valence-corrected chi connectivity index (χ3v) is 2.34. The van der Waals surface area contributed by atoms with Crippen molar-refractivity contribution < 1.29 is 15.0 Å². The quantitative estimate of drug-likeness (QED) is 0.597. The number of aliphatic hydroxyl groups is 1. The summed E-state index contributed by atoms with van der Waals surface area (Å²) >= 11 is 0. The Labute approximate surface area is 66.0 Å². The topological polar surface area (TPSA) is 60.4 Å². The Morgan fingerprint density at radius 3 is 2.36 bits per heavy atom. The van der Waals surface area contributed by atoms with Crippen LogP contribution < -0.4 is 5.11 Å². The van der Waals surface area contributed by atoms with E-state index in [0.717, 1.165) is 32.1 Å². The van der Waals surface area contributed by atoms with E-state index in [1.165, 1.54) is 0 Å². The van der Waals surface area contributed by atoms with E-state index in [9.17, 15) is 9.90 Å². The number of carbonyl (C=O) groups excluding carboxylic acids is 1. The molecule has 0 saturated heterocycles. The summed E-state index contributed by atoms with van der Waals surface area (Å²) in [6.45, 7) is 0. The van der Waals surface area contributed by atoms with Crippen molar-refractivity contribution in [1.29, 1.82) is 0 Å². The SMILES string of the molecule is O=C([O-])C(O)C1CCCCC1. The van der Waals surface area contributed by atoms with Crippen molar-refractivity contribution in [2.45, 2.75) is 38.2 Å². The minimum atomic E-state index is -1.32. The van der Waals surface area contributed by atoms with Crippen LogP contribution in [0.1, 0.15) is 32.1 Å². The van der Waals surface area contributed by atoms with Crippen LogP contribution in [0.4, 0.5) is 0 Å². The maximum absolute atomic E-state index is 10.2. The van der Waals surface area contributed by atoms with Crippen molar-refractivity contribution in [3.05, 3.63) is 0 Å². The van der Waals surface area contributed by atoms with Gasteiger partial charge in [-0.15, -0.1) is 0 Å². The minimum Gasteiger partial charge on any atom is -0.547 e. The summed E-state index contributed by atoms with van der Waals surface area (Å²) in [5.74, 6) is -1.38. The molecule has 3 heteroatoms. The highest BCUT2D eigenvalue weighted by Gasteiger charge is 2.21. The maximum Gasteiger partial charge on any atom is 0.0961 e. The first-order valence-corrected chi connectivity index (χ1v) is 4.10. The standard InChI is InChI=1S/C8H14O3/c9-7(8(10)11)6-4-2-1-3-5-6/h6-7,9H,1-5H2,(H,10,11)/p-1. The zero-order valence-electron chi connectivity index (χ0n) is 6.45. The highest BCUT2D eigenvalue weighted by Crippen LogP contribution is 2.25. The van der Waals surface area contributed by atoms with Gasteiger partial charge >= 0.3 is 0 Å². The molecule has 1 aliphatic carbocycles. The number of carbonyl (C=O) groups is 1. The van der Waals surface area contributed by atoms with Gasteiger partial charge in [-0.25, -0.2) is 0 Å². The Morgan fingerprint density at radius 1 is 1.36 bits per heavy atom. The van der Waals surface area contributed by atoms with Crippen molar-refractivity contribution in [3.8, 4) is 0 Å². The smallest absolute Gasteiger partial charge is 0.0961 e. The van der Waals surface area contributed by atoms with E-state index in [2.05, 4.69) is 0 Å². The second kappa shape index (κ2) is 3.72. The van der Waals surface area contributed by atoms with Crippen molar-refractivity contribution in [2.24, 2.45) is 5.92 Å². The summed E-state index contributed by atoms with van der Waals surface area (Å²) in [4.78, 5) is 10.2. The molecule has 3 nitrogen and oxygen atoms in total. The molecule has 11 heavy (non-hydrogen) atoms. The molecule has 1 rings (SSSR count). The average Bonchev–Trinajstić information content (AvgIpc) is 2.05. The number of hydrogen-bond donors (Lipinski definition) is 1. The lowest BCUT2D eigenvalue weighted by Gasteiger charge is -2.26. The second-order valence-corrected chi connectivity index (χ2v) is 3.16. The van der Waals surface area contributed by atoms with Crippen LogP contribution >= 0.6 is 0 Å². The number of carboxylic acid groups (broad SMARTS) is 1. The van der Waals surface area contributed by atoms with Crippen LogP contribution in [-0.4, -0.2) is 17.2 Å². The molecule has 1 unspecified atom stereocenters. The number of aliphatic hydroxyl groups excluding tert-OH is 1. The van der Waals surface area contributed by atoms with Crippen LogP contribution in [0.2, 0.25) is 0 Å². The Hall–Kier alpha value is -0.570. The molecule has 0 aromatic heterocycles. The number of rotatable bonds is 2. The van der Waals surface area contributed by atoms with Crippen LogP contribution in [-0.2, 0) is 4.79 Å². The number of hydrogen-bond acceptors (Lipinski definition) is 3. The van der Waals surface area contributed by atoms with E-state index in [-0.39, 0.29) is 5.92 Å². The highest BCUT2D eigenvalue weighted by molar-refractivity contribution is 5.69. The van der Waals surface area contributed by atoms with Crippen LogP contribution in [0.25, 0.3) is 0 Å². The molecule has 0 bridgehead atoms. The third-order valence-electron chi connectivity index (χ3n) is 2.34.